The minimum atomic E-state index is -2.05. The number of imidazole rings is 1. The first kappa shape index (κ1) is 102. The van der Waals surface area contributed by atoms with E-state index in [1.807, 2.05) is 25.1 Å². The summed E-state index contributed by atoms with van der Waals surface area (Å²) in [5.74, 6) is -17.6. The van der Waals surface area contributed by atoms with Crippen molar-refractivity contribution in [2.24, 2.45) is 41.1 Å². The van der Waals surface area contributed by atoms with Crippen molar-refractivity contribution in [2.75, 3.05) is 38.2 Å². The Kier molecular flexibility index (Phi) is 37.8. The van der Waals surface area contributed by atoms with Crippen LogP contribution < -0.4 is 59.3 Å². The molecule has 2 aliphatic carbocycles. The van der Waals surface area contributed by atoms with E-state index in [0.717, 1.165) is 10.5 Å². The van der Waals surface area contributed by atoms with Crippen LogP contribution in [0.1, 0.15) is 156 Å². The number of ketones is 2. The lowest BCUT2D eigenvalue weighted by molar-refractivity contribution is -0.144. The van der Waals surface area contributed by atoms with E-state index in [2.05, 4.69) is 67.8 Å². The van der Waals surface area contributed by atoms with Crippen molar-refractivity contribution in [1.29, 1.82) is 0 Å². The number of unbranched alkanes of at least 4 members (excludes halogenated alkanes) is 1. The molecular weight excluding hydrogens is 1770 g/mol. The van der Waals surface area contributed by atoms with Gasteiger partial charge in [0.05, 0.1) is 43.0 Å². The molecule has 4 aliphatic rings. The number of carbonyl (C=O) groups excluding carboxylic acids is 14. The normalized spacial score (nSPS) is 23.9. The number of carboxylic acid groups (broad SMARTS) is 1. The highest BCUT2D eigenvalue weighted by atomic mass is 32.2. The number of carboxylic acids is 1. The number of nitrogens with one attached hydrogen (secondary N) is 12. The van der Waals surface area contributed by atoms with E-state index in [1.165, 1.54) is 128 Å². The van der Waals surface area contributed by atoms with E-state index < -0.39 is 217 Å². The van der Waals surface area contributed by atoms with Gasteiger partial charge in [0, 0.05) is 124 Å². The van der Waals surface area contributed by atoms with Gasteiger partial charge in [0.1, 0.15) is 71.9 Å². The number of likely N-dealkylation sites (N-methyl/N-ethyl adjacent to an activating group) is 1. The number of aliphatic carboxylic acids is 1. The summed E-state index contributed by atoms with van der Waals surface area (Å²) in [6.07, 6.45) is 6.45. The molecule has 3 aromatic heterocycles. The highest BCUT2D eigenvalue weighted by Crippen LogP contribution is 2.48. The minimum Gasteiger partial charge on any atom is -0.508 e. The Morgan fingerprint density at radius 3 is 2.04 bits per heavy atom. The Morgan fingerprint density at radius 2 is 1.36 bits per heavy atom. The summed E-state index contributed by atoms with van der Waals surface area (Å²) >= 11 is 2.48. The number of hydrogen-bond donors (Lipinski definition) is 16. The fraction of sp³-hybridized carbons (Fsp3) is 0.495. The molecule has 7 aromatic rings. The van der Waals surface area contributed by atoms with E-state index >= 15 is 47.1 Å². The SMILES string of the molecule is CCC[C@H](NC(C)=O)C(=O)C[C@@H](Cc1cc[nH]c1)C(=O)N(C)[C@@H](Cc1ccc(F)cc1)C(=O)N[C@H]1CSCc2cccc(c2)CSC[C@@H](C(N)=O)CC(=O)[C@@H]2CCCN2C(=O)[C@H](Cc2ccc(O)cc2)NC(=O)[C@H](Cc2c[nH]cn2)NC(=O)[C@H](CC(=O)O)NC(=O)[C@H](CC2CCC3CCC(F)CC32)NC(=O)[C@H](Cc2c[nH]c3ccc(F)cc23)NC(=O)CNC(=O)[C@H](CCCCN)NC1=O. The predicted octanol–water partition coefficient (Wildman–Crippen LogP) is 5.32. The number of aromatic nitrogens is 4. The Labute approximate surface area is 782 Å². The maximum atomic E-state index is 15.6. The second-order valence-electron chi connectivity index (χ2n) is 35.3. The van der Waals surface area contributed by atoms with Crippen LogP contribution in [-0.4, -0.2) is 233 Å². The fourth-order valence-corrected chi connectivity index (χ4v) is 20.4. The van der Waals surface area contributed by atoms with E-state index in [1.54, 1.807) is 24.5 Å². The third-order valence-corrected chi connectivity index (χ3v) is 27.6. The summed E-state index contributed by atoms with van der Waals surface area (Å²) in [6.45, 7) is 2.36. The summed E-state index contributed by atoms with van der Waals surface area (Å²) in [5.41, 5.74) is 15.8. The molecule has 34 nitrogen and oxygen atoms in total. The van der Waals surface area contributed by atoms with E-state index in [4.69, 9.17) is 11.5 Å². The van der Waals surface area contributed by atoms with Crippen molar-refractivity contribution < 1.29 is 95.3 Å². The molecule has 12 amide bonds. The number of primary amides is 1. The van der Waals surface area contributed by atoms with Gasteiger partial charge in [-0.2, -0.15) is 23.5 Å². The average molecular weight is 1890 g/mol. The van der Waals surface area contributed by atoms with Crippen LogP contribution in [-0.2, 0) is 116 Å². The van der Waals surface area contributed by atoms with Gasteiger partial charge in [0.25, 0.3) is 0 Å². The Bertz CT molecular complexity index is 5270. The molecule has 2 aliphatic heterocycles. The molecule has 39 heteroatoms. The number of rotatable bonds is 29. The molecule has 134 heavy (non-hydrogen) atoms. The number of Topliss-reactive ketones (excluding diaryl/α,β-unsaturated/α-hetero) is 2. The lowest BCUT2D eigenvalue weighted by atomic mass is 9.75. The van der Waals surface area contributed by atoms with Gasteiger partial charge >= 0.3 is 5.97 Å². The number of fused-ring (bicyclic) bond motifs is 5. The molecule has 1 saturated heterocycles. The number of H-pyrrole nitrogens is 3. The molecule has 3 fully saturated rings. The molecule has 0 spiro atoms. The molecule has 720 valence electrons. The van der Waals surface area contributed by atoms with Crippen molar-refractivity contribution in [3.63, 3.8) is 0 Å². The zero-order valence-electron chi connectivity index (χ0n) is 75.1. The third-order valence-electron chi connectivity index (χ3n) is 25.3. The second-order valence-corrected chi connectivity index (χ2v) is 37.3. The first-order chi connectivity index (χ1) is 64.3. The molecule has 2 saturated carbocycles. The number of hydrogen-bond acceptors (Lipinski definition) is 20. The monoisotopic (exact) mass is 1890 g/mol. The number of halogens is 3. The number of alkyl halides is 1. The smallest absolute Gasteiger partial charge is 0.305 e. The van der Waals surface area contributed by atoms with Crippen molar-refractivity contribution in [1.82, 2.24) is 77.6 Å². The van der Waals surface area contributed by atoms with E-state index in [9.17, 15) is 48.2 Å². The molecule has 16 atom stereocenters. The van der Waals surface area contributed by atoms with Gasteiger partial charge in [0.15, 0.2) is 11.6 Å². The standard InChI is InChI=1S/C95H120F3N17O17S2/c1-4-9-72(106-53(2)116)82(118)38-61(33-56-28-30-101-44-56)94(131)114(3)81(35-55-14-21-64(96)22-15-55)93(130)113-79-51-134-49-58-11-7-10-57(32-58)48-133-50-63(86(100)123)39-83(119)80-13-8-31-115(80)95(132)78(34-54-16-25-68(117)26-17-54)112-90(127)76(42-67-46-102-52-105-67)110-91(128)77(43-85(121)122)111-89(126)75(36-60-19-18-59-20-23-65(97)40-69(59)60)109-88(125)74(37-62-45-103-71-27-24-66(98)41-70(62)71)107-84(120)47-104-87(124)73(108-92(79)129)12-5-6-29-99/h7,10-11,14-17,21-22,24-28,30,32,41,44-46,52,59-61,63,65,69,72-81,101,103,117H,4-6,8-9,12-13,18-20,23,29,31,33-40,42-43,47-51,99H2,1-3H3,(H2,100,123)(H,102,105)(H,104,124)(H,106,116)(H,107,120)(H,108,129)(H,109,125)(H,110,128)(H,111,126)(H,112,127)(H,113,130)(H,121,122)/t59?,60?,61-,63+,65?,69?,72+,73+,74+,75+,76+,77+,78+,79+,80+,81+/m1/s1. The molecule has 4 unspecified atom stereocenters. The number of phenols is 1. The van der Waals surface area contributed by atoms with Gasteiger partial charge in [-0.3, -0.25) is 71.9 Å². The van der Waals surface area contributed by atoms with Crippen molar-refractivity contribution >= 4 is 123 Å². The highest BCUT2D eigenvalue weighted by Gasteiger charge is 2.46. The van der Waals surface area contributed by atoms with Gasteiger partial charge in [-0.15, -0.1) is 0 Å². The number of benzene rings is 4. The van der Waals surface area contributed by atoms with Crippen LogP contribution in [0.5, 0.6) is 5.75 Å². The Balaban J connectivity index is 0.947. The molecule has 18 N–H and O–H groups in total. The number of aromatic amines is 3. The maximum absolute atomic E-state index is 15.6. The van der Waals surface area contributed by atoms with E-state index in [-0.39, 0.29) is 135 Å². The number of thioether (sulfide) groups is 2. The molecule has 2 bridgehead atoms. The van der Waals surface area contributed by atoms with Gasteiger partial charge < -0.3 is 94.3 Å². The number of carbonyl (C=O) groups is 15. The lowest BCUT2D eigenvalue weighted by Crippen LogP contribution is -2.61. The van der Waals surface area contributed by atoms with E-state index in [0.29, 0.717) is 72.7 Å². The third kappa shape index (κ3) is 29.6. The molecule has 4 aromatic carbocycles. The number of nitrogens with two attached hydrogens (primary N) is 2. The highest BCUT2D eigenvalue weighted by molar-refractivity contribution is 7.98. The van der Waals surface area contributed by atoms with Crippen molar-refractivity contribution in [3.05, 3.63) is 179 Å². The summed E-state index contributed by atoms with van der Waals surface area (Å²) in [6, 6.07) is 8.39. The Hall–Kier alpha value is -12.4. The number of phenolic OH excluding ortho intramolecular Hbond substituents is 1. The van der Waals surface area contributed by atoms with Gasteiger partial charge in [-0.25, -0.2) is 18.2 Å². The van der Waals surface area contributed by atoms with Crippen molar-refractivity contribution in [3.8, 4) is 5.75 Å². The lowest BCUT2D eigenvalue weighted by Gasteiger charge is -2.33. The number of aromatic hydroxyl groups is 1. The second kappa shape index (κ2) is 49.6. The van der Waals surface area contributed by atoms with Crippen LogP contribution in [0, 0.1) is 41.2 Å². The predicted molar refractivity (Wildman–Crippen MR) is 493 cm³/mol. The molecule has 11 rings (SSSR count). The van der Waals surface area contributed by atoms with Crippen LogP contribution in [0.4, 0.5) is 13.2 Å². The number of nitrogens with zero attached hydrogens (tertiary/aromatic N) is 3. The van der Waals surface area contributed by atoms with Gasteiger partial charge in [-0.05, 0) is 190 Å². The van der Waals surface area contributed by atoms with Gasteiger partial charge in [0.2, 0.25) is 70.9 Å². The zero-order valence-corrected chi connectivity index (χ0v) is 76.8. The van der Waals surface area contributed by atoms with Crippen LogP contribution in [0.3, 0.4) is 0 Å². The number of amides is 12. The molecular formula is C95H120F3N17O17S2. The summed E-state index contributed by atoms with van der Waals surface area (Å²) in [7, 11) is 1.36. The summed E-state index contributed by atoms with van der Waals surface area (Å²) in [4.78, 5) is 236. The first-order valence-electron chi connectivity index (χ1n) is 45.5. The van der Waals surface area contributed by atoms with Gasteiger partial charge in [-0.1, -0.05) is 61.9 Å². The Morgan fingerprint density at radius 1 is 0.687 bits per heavy atom. The topological polar surface area (TPSA) is 524 Å². The largest absolute Gasteiger partial charge is 0.508 e. The van der Waals surface area contributed by atoms with Crippen LogP contribution in [0.2, 0.25) is 0 Å². The summed E-state index contributed by atoms with van der Waals surface area (Å²) < 4.78 is 45.5. The molecule has 0 radical (unpaired) electrons. The van der Waals surface area contributed by atoms with Crippen LogP contribution >= 0.6 is 23.5 Å². The van der Waals surface area contributed by atoms with Crippen LogP contribution in [0.25, 0.3) is 10.9 Å². The first-order valence-corrected chi connectivity index (χ1v) is 47.8. The zero-order chi connectivity index (χ0) is 96.2. The van der Waals surface area contributed by atoms with Crippen LogP contribution in [0.15, 0.2) is 128 Å². The quantitative estimate of drug-likeness (QED) is 0.0264. The fourth-order valence-electron chi connectivity index (χ4n) is 18.3. The van der Waals surface area contributed by atoms with Crippen molar-refractivity contribution in [2.45, 2.75) is 227 Å². The summed E-state index contributed by atoms with van der Waals surface area (Å²) in [5, 5.41) is 45.3. The molecule has 5 heterocycles. The minimum absolute atomic E-state index is 0.00158. The maximum Gasteiger partial charge on any atom is 0.305 e. The average Bonchev–Trinajstić information content (AvgIpc) is 1.69.